The van der Waals surface area contributed by atoms with Gasteiger partial charge in [0, 0.05) is 0 Å². The van der Waals surface area contributed by atoms with Crippen molar-refractivity contribution in [3.05, 3.63) is 0 Å². The van der Waals surface area contributed by atoms with Crippen LogP contribution in [0.3, 0.4) is 0 Å². The third-order valence-electron chi connectivity index (χ3n) is 8.93. The van der Waals surface area contributed by atoms with Gasteiger partial charge in [-0.05, 0) is 19.3 Å². The third kappa shape index (κ3) is 21.1. The number of aliphatic carboxylic acids is 1. The highest BCUT2D eigenvalue weighted by Gasteiger charge is 2.45. The lowest BCUT2D eigenvalue weighted by Crippen LogP contribution is -2.45. The van der Waals surface area contributed by atoms with Crippen LogP contribution in [0.1, 0.15) is 194 Å². The summed E-state index contributed by atoms with van der Waals surface area (Å²) in [7, 11) is 0. The fourth-order valence-corrected chi connectivity index (χ4v) is 6.14. The first-order chi connectivity index (χ1) is 19.4. The average Bonchev–Trinajstić information content (AvgIpc) is 2.94. The molecule has 3 atom stereocenters. The van der Waals surface area contributed by atoms with E-state index in [1.807, 2.05) is 0 Å². The van der Waals surface area contributed by atoms with Gasteiger partial charge in [-0.3, -0.25) is 4.79 Å². The van der Waals surface area contributed by atoms with E-state index in [0.717, 1.165) is 38.5 Å². The normalized spacial score (nSPS) is 14.7. The molecule has 0 heterocycles. The summed E-state index contributed by atoms with van der Waals surface area (Å²) in [5.74, 6) is -1.04. The predicted octanol–water partition coefficient (Wildman–Crippen LogP) is 9.73. The fraction of sp³-hybridized carbons (Fsp3) is 0.971. The molecule has 0 aliphatic rings. The second-order valence-corrected chi connectivity index (χ2v) is 12.7. The van der Waals surface area contributed by atoms with E-state index in [-0.39, 0.29) is 6.42 Å². The summed E-state index contributed by atoms with van der Waals surface area (Å²) in [5, 5.41) is 40.8. The number of rotatable bonds is 32. The van der Waals surface area contributed by atoms with Crippen molar-refractivity contribution < 1.29 is 25.2 Å². The van der Waals surface area contributed by atoms with Crippen molar-refractivity contribution in [2.45, 2.75) is 206 Å². The van der Waals surface area contributed by atoms with E-state index in [2.05, 4.69) is 13.8 Å². The quantitative estimate of drug-likeness (QED) is 0.0603. The number of carboxylic acids is 1. The molecule has 240 valence electrons. The number of unbranched alkanes of at least 4 members (excludes halogenated alkanes) is 23. The maximum absolute atomic E-state index is 12.4. The Morgan fingerprint density at radius 1 is 0.550 bits per heavy atom. The van der Waals surface area contributed by atoms with Crippen LogP contribution in [0.5, 0.6) is 0 Å². The molecule has 0 aromatic rings. The number of hydrogen-bond acceptors (Lipinski definition) is 4. The van der Waals surface area contributed by atoms with Crippen molar-refractivity contribution in [1.82, 2.24) is 0 Å². The summed E-state index contributed by atoms with van der Waals surface area (Å²) >= 11 is 0. The predicted molar refractivity (Wildman–Crippen MR) is 170 cm³/mol. The van der Waals surface area contributed by atoms with Crippen molar-refractivity contribution in [1.29, 1.82) is 0 Å². The Hall–Kier alpha value is -0.650. The van der Waals surface area contributed by atoms with E-state index in [0.29, 0.717) is 12.8 Å². The molecular formula is C35H70O5. The molecule has 0 bridgehead atoms. The molecule has 5 heteroatoms. The van der Waals surface area contributed by atoms with Crippen molar-refractivity contribution >= 4 is 5.97 Å². The van der Waals surface area contributed by atoms with Gasteiger partial charge in [0.1, 0.15) is 0 Å². The molecule has 0 amide bonds. The molecule has 2 unspecified atom stereocenters. The Morgan fingerprint density at radius 3 is 1.20 bits per heavy atom. The Labute approximate surface area is 248 Å². The van der Waals surface area contributed by atoms with E-state index < -0.39 is 30.2 Å². The number of carboxylic acid groups (broad SMARTS) is 1. The maximum Gasteiger partial charge on any atom is 0.312 e. The zero-order valence-electron chi connectivity index (χ0n) is 26.9. The van der Waals surface area contributed by atoms with E-state index >= 15 is 0 Å². The second kappa shape index (κ2) is 28.5. The number of hydrogen-bond donors (Lipinski definition) is 4. The molecule has 0 aromatic heterocycles. The SMILES string of the molecule is CCCCCCCCCCCCCCCC(O)[C@@](CCCCCCCCCCCCCC)(CC(O)CO)C(=O)O. The Balaban J connectivity index is 4.25. The molecule has 0 rings (SSSR count). The van der Waals surface area contributed by atoms with E-state index in [1.165, 1.54) is 122 Å². The highest BCUT2D eigenvalue weighted by atomic mass is 16.4. The van der Waals surface area contributed by atoms with Gasteiger partial charge in [0.05, 0.1) is 24.2 Å². The average molecular weight is 571 g/mol. The molecule has 5 nitrogen and oxygen atoms in total. The first-order valence-electron chi connectivity index (χ1n) is 17.6. The van der Waals surface area contributed by atoms with Gasteiger partial charge < -0.3 is 20.4 Å². The lowest BCUT2D eigenvalue weighted by molar-refractivity contribution is -0.162. The van der Waals surface area contributed by atoms with Crippen molar-refractivity contribution in [3.8, 4) is 0 Å². The summed E-state index contributed by atoms with van der Waals surface area (Å²) < 4.78 is 0. The molecule has 0 spiro atoms. The third-order valence-corrected chi connectivity index (χ3v) is 8.93. The van der Waals surface area contributed by atoms with Crippen LogP contribution in [0.25, 0.3) is 0 Å². The number of carbonyl (C=O) groups is 1. The molecule has 4 N–H and O–H groups in total. The smallest absolute Gasteiger partial charge is 0.312 e. The van der Waals surface area contributed by atoms with Gasteiger partial charge >= 0.3 is 5.97 Å². The minimum absolute atomic E-state index is 0.0868. The minimum atomic E-state index is -1.38. The van der Waals surface area contributed by atoms with Gasteiger partial charge in [-0.15, -0.1) is 0 Å². The molecule has 0 saturated carbocycles. The van der Waals surface area contributed by atoms with Gasteiger partial charge in [0.25, 0.3) is 0 Å². The summed E-state index contributed by atoms with van der Waals surface area (Å²) in [6.45, 7) is 4.03. The molecule has 0 aromatic carbocycles. The van der Waals surface area contributed by atoms with Crippen LogP contribution in [0.15, 0.2) is 0 Å². The van der Waals surface area contributed by atoms with Crippen LogP contribution in [0.2, 0.25) is 0 Å². The van der Waals surface area contributed by atoms with E-state index in [9.17, 15) is 25.2 Å². The Bertz CT molecular complexity index is 540. The van der Waals surface area contributed by atoms with Crippen LogP contribution in [-0.4, -0.2) is 45.2 Å². The monoisotopic (exact) mass is 571 g/mol. The topological polar surface area (TPSA) is 98.0 Å². The second-order valence-electron chi connectivity index (χ2n) is 12.7. The lowest BCUT2D eigenvalue weighted by Gasteiger charge is -2.36. The summed E-state index contributed by atoms with van der Waals surface area (Å²) in [4.78, 5) is 12.4. The molecule has 0 fully saturated rings. The van der Waals surface area contributed by atoms with Crippen molar-refractivity contribution in [2.75, 3.05) is 6.61 Å². The molecule has 0 radical (unpaired) electrons. The molecule has 0 aliphatic carbocycles. The van der Waals surface area contributed by atoms with Gasteiger partial charge in [-0.1, -0.05) is 174 Å². The van der Waals surface area contributed by atoms with Gasteiger partial charge in [0.15, 0.2) is 0 Å². The number of aliphatic hydroxyl groups is 3. The van der Waals surface area contributed by atoms with Crippen molar-refractivity contribution in [2.24, 2.45) is 5.41 Å². The van der Waals surface area contributed by atoms with E-state index in [4.69, 9.17) is 0 Å². The van der Waals surface area contributed by atoms with Crippen LogP contribution < -0.4 is 0 Å². The molecule has 0 saturated heterocycles. The highest BCUT2D eigenvalue weighted by Crippen LogP contribution is 2.37. The zero-order valence-corrected chi connectivity index (χ0v) is 26.9. The van der Waals surface area contributed by atoms with Crippen LogP contribution in [0.4, 0.5) is 0 Å². The molecule has 40 heavy (non-hydrogen) atoms. The van der Waals surface area contributed by atoms with Crippen LogP contribution >= 0.6 is 0 Å². The van der Waals surface area contributed by atoms with Crippen LogP contribution in [0, 0.1) is 5.41 Å². The lowest BCUT2D eigenvalue weighted by atomic mass is 9.71. The largest absolute Gasteiger partial charge is 0.481 e. The minimum Gasteiger partial charge on any atom is -0.481 e. The van der Waals surface area contributed by atoms with Crippen LogP contribution in [-0.2, 0) is 4.79 Å². The molecular weight excluding hydrogens is 500 g/mol. The maximum atomic E-state index is 12.4. The van der Waals surface area contributed by atoms with Gasteiger partial charge in [0.2, 0.25) is 0 Å². The van der Waals surface area contributed by atoms with Gasteiger partial charge in [-0.2, -0.15) is 0 Å². The Morgan fingerprint density at radius 2 is 0.875 bits per heavy atom. The van der Waals surface area contributed by atoms with E-state index in [1.54, 1.807) is 0 Å². The summed E-state index contributed by atoms with van der Waals surface area (Å²) in [5.41, 5.74) is -1.38. The summed E-state index contributed by atoms with van der Waals surface area (Å²) in [6, 6.07) is 0. The highest BCUT2D eigenvalue weighted by molar-refractivity contribution is 5.75. The molecule has 0 aliphatic heterocycles. The number of aliphatic hydroxyl groups excluding tert-OH is 3. The standard InChI is InChI=1S/C35H70O5/c1-3-5-7-9-11-13-15-17-18-20-22-24-26-28-33(38)35(34(39)40,30-32(37)31-36)29-27-25-23-21-19-16-14-12-10-8-6-4-2/h32-33,36-38H,3-31H2,1-2H3,(H,39,40)/t32?,33?,35-/m1/s1. The first-order valence-corrected chi connectivity index (χ1v) is 17.6. The van der Waals surface area contributed by atoms with Crippen molar-refractivity contribution in [3.63, 3.8) is 0 Å². The first kappa shape index (κ1) is 39.4. The fourth-order valence-electron chi connectivity index (χ4n) is 6.14. The summed E-state index contributed by atoms with van der Waals surface area (Å²) in [6.07, 6.45) is 29.3. The Kier molecular flexibility index (Phi) is 28.0. The zero-order chi connectivity index (χ0) is 29.7. The van der Waals surface area contributed by atoms with Gasteiger partial charge in [-0.25, -0.2) is 0 Å².